The Balaban J connectivity index is 2.98. The summed E-state index contributed by atoms with van der Waals surface area (Å²) in [6, 6.07) is 3.82. The molecule has 0 spiro atoms. The molecule has 4 heteroatoms. The van der Waals surface area contributed by atoms with Gasteiger partial charge in [-0.25, -0.2) is 8.78 Å². The molecule has 1 aromatic rings. The lowest BCUT2D eigenvalue weighted by atomic mass is 10.1. The summed E-state index contributed by atoms with van der Waals surface area (Å²) in [5, 5.41) is 2.85. The third kappa shape index (κ3) is 2.97. The molecule has 1 atom stereocenters. The molecule has 0 saturated carbocycles. The topological polar surface area (TPSA) is 21.3 Å². The number of hydrogen-bond acceptors (Lipinski definition) is 2. The Bertz CT molecular complexity index is 291. The van der Waals surface area contributed by atoms with Gasteiger partial charge in [0.15, 0.2) is 0 Å². The lowest BCUT2D eigenvalue weighted by molar-refractivity contribution is 0.0585. The van der Waals surface area contributed by atoms with Crippen molar-refractivity contribution < 1.29 is 13.5 Å². The summed E-state index contributed by atoms with van der Waals surface area (Å²) in [6.07, 6.45) is -0.582. The number of halogens is 2. The van der Waals surface area contributed by atoms with E-state index < -0.39 is 17.7 Å². The van der Waals surface area contributed by atoms with Crippen LogP contribution in [0.25, 0.3) is 0 Å². The van der Waals surface area contributed by atoms with E-state index in [-0.39, 0.29) is 5.56 Å². The highest BCUT2D eigenvalue weighted by Crippen LogP contribution is 2.23. The van der Waals surface area contributed by atoms with Crippen molar-refractivity contribution in [3.63, 3.8) is 0 Å². The Morgan fingerprint density at radius 2 is 1.93 bits per heavy atom. The van der Waals surface area contributed by atoms with Crippen LogP contribution in [0.15, 0.2) is 18.2 Å². The highest BCUT2D eigenvalue weighted by Gasteiger charge is 2.19. The van der Waals surface area contributed by atoms with Crippen LogP contribution in [0.3, 0.4) is 0 Å². The van der Waals surface area contributed by atoms with Crippen LogP contribution in [0.4, 0.5) is 8.78 Å². The molecule has 0 aliphatic rings. The van der Waals surface area contributed by atoms with Crippen LogP contribution < -0.4 is 5.32 Å². The van der Waals surface area contributed by atoms with E-state index in [1.54, 1.807) is 14.0 Å². The molecule has 0 unspecified atom stereocenters. The quantitative estimate of drug-likeness (QED) is 0.813. The first kappa shape index (κ1) is 12.1. The number of likely N-dealkylation sites (N-methyl/N-ethyl adjacent to an activating group) is 1. The monoisotopic (exact) mass is 215 g/mol. The smallest absolute Gasteiger partial charge is 0.132 e. The van der Waals surface area contributed by atoms with E-state index in [2.05, 4.69) is 5.32 Å². The van der Waals surface area contributed by atoms with Gasteiger partial charge < -0.3 is 10.1 Å². The maximum atomic E-state index is 13.4. The average Bonchev–Trinajstić information content (AvgIpc) is 2.18. The first-order chi connectivity index (χ1) is 7.20. The zero-order chi connectivity index (χ0) is 11.3. The van der Waals surface area contributed by atoms with Gasteiger partial charge in [0.25, 0.3) is 0 Å². The maximum Gasteiger partial charge on any atom is 0.132 e. The van der Waals surface area contributed by atoms with Gasteiger partial charge in [-0.05, 0) is 26.1 Å². The number of benzene rings is 1. The molecule has 0 radical (unpaired) electrons. The Labute approximate surface area is 88.3 Å². The second-order valence-electron chi connectivity index (χ2n) is 3.14. The lowest BCUT2D eigenvalue weighted by Gasteiger charge is -2.18. The molecule has 0 saturated heterocycles. The van der Waals surface area contributed by atoms with E-state index >= 15 is 0 Å². The van der Waals surface area contributed by atoms with Crippen molar-refractivity contribution >= 4 is 0 Å². The van der Waals surface area contributed by atoms with Crippen LogP contribution in [0, 0.1) is 11.6 Å². The van der Waals surface area contributed by atoms with E-state index in [1.807, 2.05) is 0 Å². The SMILES string of the molecule is CCO[C@H](CNC)c1c(F)cccc1F. The summed E-state index contributed by atoms with van der Waals surface area (Å²) >= 11 is 0. The molecule has 1 aromatic carbocycles. The Hall–Kier alpha value is -1.00. The fourth-order valence-corrected chi connectivity index (χ4v) is 1.45. The molecule has 2 nitrogen and oxygen atoms in total. The highest BCUT2D eigenvalue weighted by atomic mass is 19.1. The third-order valence-corrected chi connectivity index (χ3v) is 2.08. The van der Waals surface area contributed by atoms with Crippen LogP contribution >= 0.6 is 0 Å². The minimum absolute atomic E-state index is 0.00583. The second kappa shape index (κ2) is 5.78. The zero-order valence-corrected chi connectivity index (χ0v) is 8.89. The summed E-state index contributed by atoms with van der Waals surface area (Å²) in [6.45, 7) is 2.59. The average molecular weight is 215 g/mol. The summed E-state index contributed by atoms with van der Waals surface area (Å²) in [5.41, 5.74) is -0.00583. The number of hydrogen-bond donors (Lipinski definition) is 1. The van der Waals surface area contributed by atoms with Crippen molar-refractivity contribution in [1.82, 2.24) is 5.32 Å². The van der Waals surface area contributed by atoms with Gasteiger partial charge in [-0.15, -0.1) is 0 Å². The number of ether oxygens (including phenoxy) is 1. The van der Waals surface area contributed by atoms with E-state index in [1.165, 1.54) is 18.2 Å². The van der Waals surface area contributed by atoms with Crippen molar-refractivity contribution in [2.75, 3.05) is 20.2 Å². The largest absolute Gasteiger partial charge is 0.372 e. The predicted molar refractivity (Wildman–Crippen MR) is 54.7 cm³/mol. The fraction of sp³-hybridized carbons (Fsp3) is 0.455. The standard InChI is InChI=1S/C11H15F2NO/c1-3-15-10(7-14-2)11-8(12)5-4-6-9(11)13/h4-6,10,14H,3,7H2,1-2H3/t10-/m1/s1. The molecule has 0 fully saturated rings. The van der Waals surface area contributed by atoms with Crippen LogP contribution in [0.2, 0.25) is 0 Å². The van der Waals surface area contributed by atoms with Gasteiger partial charge in [0.1, 0.15) is 17.7 Å². The summed E-state index contributed by atoms with van der Waals surface area (Å²) < 4.78 is 32.1. The van der Waals surface area contributed by atoms with Crippen molar-refractivity contribution in [2.45, 2.75) is 13.0 Å². The second-order valence-corrected chi connectivity index (χ2v) is 3.14. The van der Waals surface area contributed by atoms with Gasteiger partial charge in [0.05, 0.1) is 5.56 Å². The summed E-state index contributed by atoms with van der Waals surface area (Å²) in [4.78, 5) is 0. The Kier molecular flexibility index (Phi) is 4.65. The van der Waals surface area contributed by atoms with Gasteiger partial charge in [-0.1, -0.05) is 6.07 Å². The molecule has 0 bridgehead atoms. The van der Waals surface area contributed by atoms with Crippen LogP contribution in [-0.2, 0) is 4.74 Å². The lowest BCUT2D eigenvalue weighted by Crippen LogP contribution is -2.21. The van der Waals surface area contributed by atoms with Gasteiger partial charge in [-0.2, -0.15) is 0 Å². The molecule has 0 heterocycles. The molecule has 1 N–H and O–H groups in total. The fourth-order valence-electron chi connectivity index (χ4n) is 1.45. The zero-order valence-electron chi connectivity index (χ0n) is 8.89. The minimum Gasteiger partial charge on any atom is -0.372 e. The number of rotatable bonds is 5. The van der Waals surface area contributed by atoms with E-state index in [4.69, 9.17) is 4.74 Å². The Morgan fingerprint density at radius 1 is 1.33 bits per heavy atom. The van der Waals surface area contributed by atoms with Crippen molar-refractivity contribution in [1.29, 1.82) is 0 Å². The molecule has 0 amide bonds. The van der Waals surface area contributed by atoms with Crippen molar-refractivity contribution in [2.24, 2.45) is 0 Å². The van der Waals surface area contributed by atoms with E-state index in [0.717, 1.165) is 0 Å². The summed E-state index contributed by atoms with van der Waals surface area (Å²) in [7, 11) is 1.71. The first-order valence-electron chi connectivity index (χ1n) is 4.90. The van der Waals surface area contributed by atoms with Crippen molar-refractivity contribution in [3.8, 4) is 0 Å². The minimum atomic E-state index is -0.582. The first-order valence-corrected chi connectivity index (χ1v) is 4.90. The van der Waals surface area contributed by atoms with Gasteiger partial charge in [0.2, 0.25) is 0 Å². The van der Waals surface area contributed by atoms with Gasteiger partial charge in [-0.3, -0.25) is 0 Å². The van der Waals surface area contributed by atoms with Crippen LogP contribution in [0.1, 0.15) is 18.6 Å². The molecular weight excluding hydrogens is 200 g/mol. The summed E-state index contributed by atoms with van der Waals surface area (Å²) in [5.74, 6) is -1.13. The molecule has 0 aromatic heterocycles. The molecule has 0 aliphatic carbocycles. The molecule has 0 aliphatic heterocycles. The normalized spacial score (nSPS) is 12.8. The Morgan fingerprint density at radius 3 is 2.40 bits per heavy atom. The van der Waals surface area contributed by atoms with E-state index in [9.17, 15) is 8.78 Å². The van der Waals surface area contributed by atoms with Crippen LogP contribution in [-0.4, -0.2) is 20.2 Å². The molecule has 15 heavy (non-hydrogen) atoms. The predicted octanol–water partition coefficient (Wildman–Crippen LogP) is 2.26. The number of nitrogens with one attached hydrogen (secondary N) is 1. The third-order valence-electron chi connectivity index (χ3n) is 2.08. The molecular formula is C11H15F2NO. The van der Waals surface area contributed by atoms with Gasteiger partial charge >= 0.3 is 0 Å². The highest BCUT2D eigenvalue weighted by molar-refractivity contribution is 5.22. The van der Waals surface area contributed by atoms with Crippen LogP contribution in [0.5, 0.6) is 0 Å². The van der Waals surface area contributed by atoms with Crippen molar-refractivity contribution in [3.05, 3.63) is 35.4 Å². The molecule has 1 rings (SSSR count). The molecule has 84 valence electrons. The maximum absolute atomic E-state index is 13.4. The van der Waals surface area contributed by atoms with E-state index in [0.29, 0.717) is 13.2 Å². The van der Waals surface area contributed by atoms with Gasteiger partial charge in [0, 0.05) is 13.2 Å².